The Labute approximate surface area is 199 Å². The summed E-state index contributed by atoms with van der Waals surface area (Å²) in [5.41, 5.74) is 2.09. The summed E-state index contributed by atoms with van der Waals surface area (Å²) >= 11 is 6.34. The van der Waals surface area contributed by atoms with E-state index in [9.17, 15) is 14.7 Å². The van der Waals surface area contributed by atoms with Gasteiger partial charge in [0.2, 0.25) is 0 Å². The molecule has 1 saturated heterocycles. The monoisotopic (exact) mass is 471 g/mol. The predicted octanol–water partition coefficient (Wildman–Crippen LogP) is 5.32. The lowest BCUT2D eigenvalue weighted by Crippen LogP contribution is -2.33. The summed E-state index contributed by atoms with van der Waals surface area (Å²) in [4.78, 5) is 27.6. The molecule has 176 valence electrons. The Kier molecular flexibility index (Phi) is 7.82. The molecule has 1 amide bonds. The SMILES string of the molecule is COc1ccc(Cl)c(/C(O)=C2\C(=O)C(=O)N(CCOC(C)C)C2c2ccc(C(C)C)cc2)c1. The van der Waals surface area contributed by atoms with Gasteiger partial charge in [0.15, 0.2) is 0 Å². The first-order valence-corrected chi connectivity index (χ1v) is 11.4. The number of nitrogens with zero attached hydrogens (tertiary/aromatic N) is 1. The molecule has 33 heavy (non-hydrogen) atoms. The minimum Gasteiger partial charge on any atom is -0.507 e. The highest BCUT2D eigenvalue weighted by Crippen LogP contribution is 2.41. The zero-order chi connectivity index (χ0) is 24.3. The van der Waals surface area contributed by atoms with E-state index in [1.165, 1.54) is 12.0 Å². The van der Waals surface area contributed by atoms with Gasteiger partial charge in [-0.3, -0.25) is 9.59 Å². The Morgan fingerprint density at radius 2 is 1.76 bits per heavy atom. The summed E-state index contributed by atoms with van der Waals surface area (Å²) in [5, 5.41) is 11.5. The molecule has 7 heteroatoms. The van der Waals surface area contributed by atoms with E-state index in [1.807, 2.05) is 38.1 Å². The van der Waals surface area contributed by atoms with Gasteiger partial charge < -0.3 is 19.5 Å². The minimum atomic E-state index is -0.760. The van der Waals surface area contributed by atoms with Crippen molar-refractivity contribution in [1.82, 2.24) is 4.90 Å². The van der Waals surface area contributed by atoms with Crippen LogP contribution in [-0.2, 0) is 14.3 Å². The highest BCUT2D eigenvalue weighted by Gasteiger charge is 2.46. The van der Waals surface area contributed by atoms with Gasteiger partial charge in [0, 0.05) is 12.1 Å². The van der Waals surface area contributed by atoms with Crippen LogP contribution in [0.1, 0.15) is 56.3 Å². The second kappa shape index (κ2) is 10.4. The van der Waals surface area contributed by atoms with Gasteiger partial charge in [0.1, 0.15) is 11.5 Å². The quantitative estimate of drug-likeness (QED) is 0.320. The summed E-state index contributed by atoms with van der Waals surface area (Å²) in [7, 11) is 1.50. The molecule has 1 atom stereocenters. The van der Waals surface area contributed by atoms with Crippen LogP contribution in [0.3, 0.4) is 0 Å². The van der Waals surface area contributed by atoms with E-state index in [1.54, 1.807) is 18.2 Å². The number of amides is 1. The number of halogens is 1. The van der Waals surface area contributed by atoms with Crippen LogP contribution in [0.5, 0.6) is 5.75 Å². The molecule has 0 saturated carbocycles. The largest absolute Gasteiger partial charge is 0.507 e. The molecule has 1 heterocycles. The fourth-order valence-corrected chi connectivity index (χ4v) is 4.07. The van der Waals surface area contributed by atoms with E-state index >= 15 is 0 Å². The number of carbonyl (C=O) groups excluding carboxylic acids is 2. The lowest BCUT2D eigenvalue weighted by atomic mass is 9.93. The lowest BCUT2D eigenvalue weighted by molar-refractivity contribution is -0.140. The Morgan fingerprint density at radius 1 is 1.09 bits per heavy atom. The second-order valence-electron chi connectivity index (χ2n) is 8.58. The summed E-state index contributed by atoms with van der Waals surface area (Å²) < 4.78 is 10.9. The molecule has 1 aliphatic heterocycles. The van der Waals surface area contributed by atoms with Crippen molar-refractivity contribution in [3.05, 3.63) is 69.8 Å². The van der Waals surface area contributed by atoms with Gasteiger partial charge in [-0.15, -0.1) is 0 Å². The Hall–Kier alpha value is -2.83. The van der Waals surface area contributed by atoms with E-state index in [4.69, 9.17) is 21.1 Å². The summed E-state index contributed by atoms with van der Waals surface area (Å²) in [5.74, 6) is -0.962. The molecular formula is C26H30ClNO5. The average Bonchev–Trinajstić information content (AvgIpc) is 3.03. The standard InChI is InChI=1S/C26H30ClNO5/c1-15(2)17-6-8-18(9-7-17)23-22(24(29)20-14-19(32-5)10-11-21(20)27)25(30)26(31)28(23)12-13-33-16(3)4/h6-11,14-16,23,29H,12-13H2,1-5H3/b24-22+. The molecule has 6 nitrogen and oxygen atoms in total. The van der Waals surface area contributed by atoms with Gasteiger partial charge in [0.25, 0.3) is 11.7 Å². The van der Waals surface area contributed by atoms with Crippen LogP contribution in [0.2, 0.25) is 5.02 Å². The molecule has 1 N–H and O–H groups in total. The molecule has 2 aromatic rings. The van der Waals surface area contributed by atoms with Crippen LogP contribution in [0.15, 0.2) is 48.0 Å². The first-order valence-electron chi connectivity index (χ1n) is 11.0. The molecule has 1 aliphatic rings. The van der Waals surface area contributed by atoms with Crippen LogP contribution in [0.25, 0.3) is 5.76 Å². The molecule has 0 bridgehead atoms. The summed E-state index contributed by atoms with van der Waals surface area (Å²) in [6.07, 6.45) is -0.0128. The molecule has 0 radical (unpaired) electrons. The smallest absolute Gasteiger partial charge is 0.295 e. The van der Waals surface area contributed by atoms with Crippen molar-refractivity contribution in [1.29, 1.82) is 0 Å². The number of likely N-dealkylation sites (tertiary alicyclic amines) is 1. The summed E-state index contributed by atoms with van der Waals surface area (Å²) in [6, 6.07) is 11.8. The minimum absolute atomic E-state index is 0.00278. The fourth-order valence-electron chi connectivity index (χ4n) is 3.87. The number of rotatable bonds is 8. The number of hydrogen-bond acceptors (Lipinski definition) is 5. The maximum atomic E-state index is 13.1. The first kappa shape index (κ1) is 24.8. The van der Waals surface area contributed by atoms with E-state index in [-0.39, 0.29) is 41.2 Å². The van der Waals surface area contributed by atoms with Crippen molar-refractivity contribution < 1.29 is 24.2 Å². The number of ether oxygens (including phenoxy) is 2. The topological polar surface area (TPSA) is 76.1 Å². The van der Waals surface area contributed by atoms with Gasteiger partial charge >= 0.3 is 0 Å². The fraction of sp³-hybridized carbons (Fsp3) is 0.385. The van der Waals surface area contributed by atoms with Gasteiger partial charge in [-0.1, -0.05) is 49.7 Å². The van der Waals surface area contributed by atoms with Gasteiger partial charge in [0.05, 0.1) is 36.5 Å². The Morgan fingerprint density at radius 3 is 2.33 bits per heavy atom. The van der Waals surface area contributed by atoms with Crippen molar-refractivity contribution in [3.8, 4) is 5.75 Å². The number of methoxy groups -OCH3 is 1. The molecule has 1 fully saturated rings. The maximum absolute atomic E-state index is 13.1. The van der Waals surface area contributed by atoms with Crippen LogP contribution in [0.4, 0.5) is 0 Å². The van der Waals surface area contributed by atoms with Crippen LogP contribution < -0.4 is 4.74 Å². The number of hydrogen-bond donors (Lipinski definition) is 1. The third-order valence-corrected chi connectivity index (χ3v) is 6.00. The number of ketones is 1. The van der Waals surface area contributed by atoms with Gasteiger partial charge in [-0.05, 0) is 49.1 Å². The van der Waals surface area contributed by atoms with Crippen molar-refractivity contribution in [2.45, 2.75) is 45.8 Å². The Bertz CT molecular complexity index is 1060. The van der Waals surface area contributed by atoms with E-state index in [0.29, 0.717) is 11.7 Å². The van der Waals surface area contributed by atoms with E-state index < -0.39 is 17.7 Å². The van der Waals surface area contributed by atoms with Crippen LogP contribution in [0, 0.1) is 0 Å². The number of aliphatic hydroxyl groups excluding tert-OH is 1. The van der Waals surface area contributed by atoms with Gasteiger partial charge in [-0.25, -0.2) is 0 Å². The lowest BCUT2D eigenvalue weighted by Gasteiger charge is -2.26. The van der Waals surface area contributed by atoms with Crippen LogP contribution in [-0.4, -0.2) is 48.1 Å². The number of carbonyl (C=O) groups is 2. The molecule has 0 aliphatic carbocycles. The number of benzene rings is 2. The molecule has 1 unspecified atom stereocenters. The zero-order valence-electron chi connectivity index (χ0n) is 19.6. The Balaban J connectivity index is 2.14. The molecule has 2 aromatic carbocycles. The third-order valence-electron chi connectivity index (χ3n) is 5.67. The van der Waals surface area contributed by atoms with E-state index in [0.717, 1.165) is 11.1 Å². The van der Waals surface area contributed by atoms with Crippen molar-refractivity contribution in [2.75, 3.05) is 20.3 Å². The van der Waals surface area contributed by atoms with E-state index in [2.05, 4.69) is 13.8 Å². The number of aliphatic hydroxyl groups is 1. The van der Waals surface area contributed by atoms with Gasteiger partial charge in [-0.2, -0.15) is 0 Å². The van der Waals surface area contributed by atoms with Crippen molar-refractivity contribution >= 4 is 29.1 Å². The maximum Gasteiger partial charge on any atom is 0.295 e. The molecular weight excluding hydrogens is 442 g/mol. The summed E-state index contributed by atoms with van der Waals surface area (Å²) in [6.45, 7) is 8.47. The molecule has 3 rings (SSSR count). The predicted molar refractivity (Wildman–Crippen MR) is 129 cm³/mol. The zero-order valence-corrected chi connectivity index (χ0v) is 20.3. The first-order chi connectivity index (χ1) is 15.6. The normalized spacial score (nSPS) is 17.9. The average molecular weight is 472 g/mol. The third kappa shape index (κ3) is 5.23. The van der Waals surface area contributed by atoms with Crippen molar-refractivity contribution in [2.24, 2.45) is 0 Å². The number of Topliss-reactive ketones (excluding diaryl/α,β-unsaturated/α-hetero) is 1. The molecule has 0 spiro atoms. The highest BCUT2D eigenvalue weighted by molar-refractivity contribution is 6.47. The van der Waals surface area contributed by atoms with Crippen LogP contribution >= 0.6 is 11.6 Å². The highest BCUT2D eigenvalue weighted by atomic mass is 35.5. The second-order valence-corrected chi connectivity index (χ2v) is 8.99. The molecule has 0 aromatic heterocycles. The van der Waals surface area contributed by atoms with Crippen molar-refractivity contribution in [3.63, 3.8) is 0 Å².